The monoisotopic (exact) mass is 294 g/mol. The van der Waals surface area contributed by atoms with Gasteiger partial charge in [-0.3, -0.25) is 10.1 Å². The van der Waals surface area contributed by atoms with Gasteiger partial charge >= 0.3 is 0 Å². The molecule has 1 aliphatic rings. The van der Waals surface area contributed by atoms with Crippen molar-refractivity contribution in [2.75, 3.05) is 31.7 Å². The van der Waals surface area contributed by atoms with Crippen LogP contribution in [0.25, 0.3) is 0 Å². The van der Waals surface area contributed by atoms with E-state index in [-0.39, 0.29) is 16.7 Å². The number of nitro benzene ring substituents is 1. The number of non-ortho nitro benzene ring substituents is 1. The van der Waals surface area contributed by atoms with Crippen LogP contribution in [0.2, 0.25) is 0 Å². The Bertz CT molecular complexity index is 491. The van der Waals surface area contributed by atoms with Gasteiger partial charge in [-0.2, -0.15) is 0 Å². The highest BCUT2D eigenvalue weighted by molar-refractivity contribution is 5.58. The average Bonchev–Trinajstić information content (AvgIpc) is 2.48. The van der Waals surface area contributed by atoms with Crippen LogP contribution in [-0.4, -0.2) is 37.8 Å². The van der Waals surface area contributed by atoms with E-state index in [4.69, 9.17) is 9.47 Å². The van der Waals surface area contributed by atoms with Gasteiger partial charge in [0.25, 0.3) is 5.69 Å². The van der Waals surface area contributed by atoms with Crippen molar-refractivity contribution in [3.8, 4) is 0 Å². The molecule has 0 aromatic heterocycles. The van der Waals surface area contributed by atoms with Crippen LogP contribution in [0.15, 0.2) is 18.2 Å². The third-order valence-electron chi connectivity index (χ3n) is 3.66. The Balaban J connectivity index is 2.22. The van der Waals surface area contributed by atoms with E-state index in [1.807, 2.05) is 6.07 Å². The minimum absolute atomic E-state index is 0.101. The van der Waals surface area contributed by atoms with E-state index in [1.165, 1.54) is 0 Å². The standard InChI is InChI=1S/C15H22N2O4/c1-3-4-14-10-16(7-8-21-14)15-6-5-13(17(18)19)9-12(15)11-20-2/h5-6,9,14H,3-4,7-8,10-11H2,1-2H3. The molecule has 1 fully saturated rings. The van der Waals surface area contributed by atoms with Crippen LogP contribution in [0.5, 0.6) is 0 Å². The molecule has 1 unspecified atom stereocenters. The number of nitrogens with zero attached hydrogens (tertiary/aromatic N) is 2. The lowest BCUT2D eigenvalue weighted by atomic mass is 10.1. The summed E-state index contributed by atoms with van der Waals surface area (Å²) >= 11 is 0. The third-order valence-corrected chi connectivity index (χ3v) is 3.66. The fourth-order valence-electron chi connectivity index (χ4n) is 2.70. The topological polar surface area (TPSA) is 64.8 Å². The summed E-state index contributed by atoms with van der Waals surface area (Å²) in [7, 11) is 1.60. The van der Waals surface area contributed by atoms with Crippen LogP contribution in [0.3, 0.4) is 0 Å². The number of hydrogen-bond donors (Lipinski definition) is 0. The summed E-state index contributed by atoms with van der Waals surface area (Å²) in [4.78, 5) is 12.8. The Morgan fingerprint density at radius 3 is 3.00 bits per heavy atom. The Hall–Kier alpha value is -1.66. The van der Waals surface area contributed by atoms with E-state index in [1.54, 1.807) is 19.2 Å². The van der Waals surface area contributed by atoms with Gasteiger partial charge in [0.2, 0.25) is 0 Å². The summed E-state index contributed by atoms with van der Waals surface area (Å²) in [6.45, 7) is 4.82. The molecule has 1 aromatic carbocycles. The lowest BCUT2D eigenvalue weighted by Gasteiger charge is -2.35. The van der Waals surface area contributed by atoms with Crippen LogP contribution in [0, 0.1) is 10.1 Å². The number of benzene rings is 1. The molecule has 1 aliphatic heterocycles. The molecule has 2 rings (SSSR count). The minimum Gasteiger partial charge on any atom is -0.380 e. The molecule has 0 amide bonds. The molecule has 1 heterocycles. The first kappa shape index (κ1) is 15.7. The highest BCUT2D eigenvalue weighted by Crippen LogP contribution is 2.28. The smallest absolute Gasteiger partial charge is 0.269 e. The second-order valence-corrected chi connectivity index (χ2v) is 5.23. The lowest BCUT2D eigenvalue weighted by Crippen LogP contribution is -2.42. The number of anilines is 1. The summed E-state index contributed by atoms with van der Waals surface area (Å²) in [5.74, 6) is 0. The number of rotatable bonds is 6. The van der Waals surface area contributed by atoms with E-state index < -0.39 is 0 Å². The first-order valence-corrected chi connectivity index (χ1v) is 7.28. The molecule has 0 aliphatic carbocycles. The molecule has 0 spiro atoms. The predicted molar refractivity (Wildman–Crippen MR) is 80.7 cm³/mol. The van der Waals surface area contributed by atoms with Crippen LogP contribution in [0.4, 0.5) is 11.4 Å². The average molecular weight is 294 g/mol. The third kappa shape index (κ3) is 3.92. The maximum absolute atomic E-state index is 10.9. The summed E-state index contributed by atoms with van der Waals surface area (Å²) < 4.78 is 10.9. The van der Waals surface area contributed by atoms with Crippen LogP contribution in [-0.2, 0) is 16.1 Å². The van der Waals surface area contributed by atoms with Gasteiger partial charge < -0.3 is 14.4 Å². The maximum atomic E-state index is 10.9. The molecule has 1 atom stereocenters. The molecule has 1 saturated heterocycles. The Morgan fingerprint density at radius 2 is 2.33 bits per heavy atom. The van der Waals surface area contributed by atoms with E-state index in [0.29, 0.717) is 13.2 Å². The fraction of sp³-hybridized carbons (Fsp3) is 0.600. The molecule has 0 N–H and O–H groups in total. The van der Waals surface area contributed by atoms with Crippen molar-refractivity contribution in [2.45, 2.75) is 32.5 Å². The molecule has 116 valence electrons. The van der Waals surface area contributed by atoms with E-state index in [9.17, 15) is 10.1 Å². The Kier molecular flexibility index (Phi) is 5.52. The van der Waals surface area contributed by atoms with Crippen molar-refractivity contribution in [3.63, 3.8) is 0 Å². The Morgan fingerprint density at radius 1 is 1.52 bits per heavy atom. The summed E-state index contributed by atoms with van der Waals surface area (Å²) in [5.41, 5.74) is 1.96. The van der Waals surface area contributed by atoms with Crippen molar-refractivity contribution in [2.24, 2.45) is 0 Å². The van der Waals surface area contributed by atoms with Crippen molar-refractivity contribution < 1.29 is 14.4 Å². The lowest BCUT2D eigenvalue weighted by molar-refractivity contribution is -0.384. The zero-order valence-corrected chi connectivity index (χ0v) is 12.6. The number of methoxy groups -OCH3 is 1. The van der Waals surface area contributed by atoms with Crippen molar-refractivity contribution in [1.82, 2.24) is 0 Å². The van der Waals surface area contributed by atoms with E-state index >= 15 is 0 Å². The Labute approximate surface area is 124 Å². The maximum Gasteiger partial charge on any atom is 0.269 e. The van der Waals surface area contributed by atoms with Gasteiger partial charge in [-0.1, -0.05) is 13.3 Å². The van der Waals surface area contributed by atoms with E-state index in [2.05, 4.69) is 11.8 Å². The van der Waals surface area contributed by atoms with Gasteiger partial charge in [0, 0.05) is 43.6 Å². The van der Waals surface area contributed by atoms with Gasteiger partial charge in [-0.15, -0.1) is 0 Å². The van der Waals surface area contributed by atoms with Crippen LogP contribution >= 0.6 is 0 Å². The van der Waals surface area contributed by atoms with E-state index in [0.717, 1.165) is 37.2 Å². The van der Waals surface area contributed by atoms with Crippen LogP contribution in [0.1, 0.15) is 25.3 Å². The first-order chi connectivity index (χ1) is 10.2. The first-order valence-electron chi connectivity index (χ1n) is 7.28. The molecule has 0 radical (unpaired) electrons. The SMILES string of the molecule is CCCC1CN(c2ccc([N+](=O)[O-])cc2COC)CCO1. The predicted octanol–water partition coefficient (Wildman–Crippen LogP) is 2.75. The zero-order chi connectivity index (χ0) is 15.2. The summed E-state index contributed by atoms with van der Waals surface area (Å²) in [6, 6.07) is 4.97. The number of ether oxygens (including phenoxy) is 2. The largest absolute Gasteiger partial charge is 0.380 e. The molecule has 1 aromatic rings. The van der Waals surface area contributed by atoms with Gasteiger partial charge in [0.1, 0.15) is 0 Å². The molecule has 6 heteroatoms. The zero-order valence-electron chi connectivity index (χ0n) is 12.6. The quantitative estimate of drug-likeness (QED) is 0.596. The molecule has 0 bridgehead atoms. The van der Waals surface area contributed by atoms with Gasteiger partial charge in [0.15, 0.2) is 0 Å². The van der Waals surface area contributed by atoms with Crippen molar-refractivity contribution >= 4 is 11.4 Å². The van der Waals surface area contributed by atoms with Gasteiger partial charge in [0.05, 0.1) is 24.2 Å². The minimum atomic E-state index is -0.373. The molecule has 21 heavy (non-hydrogen) atoms. The summed E-state index contributed by atoms with van der Waals surface area (Å²) in [5, 5.41) is 10.9. The number of hydrogen-bond acceptors (Lipinski definition) is 5. The second kappa shape index (κ2) is 7.38. The van der Waals surface area contributed by atoms with Crippen molar-refractivity contribution in [1.29, 1.82) is 0 Å². The highest BCUT2D eigenvalue weighted by Gasteiger charge is 2.23. The molecular formula is C15H22N2O4. The van der Waals surface area contributed by atoms with Crippen LogP contribution < -0.4 is 4.90 Å². The normalized spacial score (nSPS) is 18.8. The number of morpholine rings is 1. The highest BCUT2D eigenvalue weighted by atomic mass is 16.6. The fourth-order valence-corrected chi connectivity index (χ4v) is 2.70. The molecular weight excluding hydrogens is 272 g/mol. The molecule has 6 nitrogen and oxygen atoms in total. The number of nitro groups is 1. The van der Waals surface area contributed by atoms with Gasteiger partial charge in [-0.25, -0.2) is 0 Å². The van der Waals surface area contributed by atoms with Gasteiger partial charge in [-0.05, 0) is 12.5 Å². The van der Waals surface area contributed by atoms with Crippen molar-refractivity contribution in [3.05, 3.63) is 33.9 Å². The second-order valence-electron chi connectivity index (χ2n) is 5.23. The summed E-state index contributed by atoms with van der Waals surface area (Å²) in [6.07, 6.45) is 2.35. The molecule has 0 saturated carbocycles.